The van der Waals surface area contributed by atoms with Crippen molar-refractivity contribution in [1.29, 1.82) is 0 Å². The number of anilines is 1. The van der Waals surface area contributed by atoms with E-state index in [4.69, 9.17) is 34.8 Å². The van der Waals surface area contributed by atoms with E-state index in [-0.39, 0.29) is 11.5 Å². The van der Waals surface area contributed by atoms with Crippen LogP contribution in [0.15, 0.2) is 42.5 Å². The molecule has 2 aliphatic heterocycles. The van der Waals surface area contributed by atoms with E-state index in [9.17, 15) is 4.79 Å². The SMILES string of the molecule is CC(C)(C)CC(=O)N1CCC(CN2CCN(c3ccc(Cl)cc3Cl)C(c3ccc(Cl)cc3)C2)CC1. The molecular formula is C28H36Cl3N3O. The van der Waals surface area contributed by atoms with Gasteiger partial charge in [-0.25, -0.2) is 0 Å². The molecule has 190 valence electrons. The largest absolute Gasteiger partial charge is 0.361 e. The Morgan fingerprint density at radius 3 is 2.20 bits per heavy atom. The fourth-order valence-electron chi connectivity index (χ4n) is 5.27. The number of rotatable bonds is 5. The molecule has 0 bridgehead atoms. The van der Waals surface area contributed by atoms with Crippen LogP contribution < -0.4 is 4.90 Å². The van der Waals surface area contributed by atoms with E-state index in [2.05, 4.69) is 47.6 Å². The fraction of sp³-hybridized carbons (Fsp3) is 0.536. The van der Waals surface area contributed by atoms with Crippen LogP contribution in [-0.2, 0) is 4.79 Å². The molecule has 0 aromatic heterocycles. The number of piperazine rings is 1. The fourth-order valence-corrected chi connectivity index (χ4v) is 5.92. The highest BCUT2D eigenvalue weighted by atomic mass is 35.5. The number of likely N-dealkylation sites (tertiary alicyclic amines) is 1. The van der Waals surface area contributed by atoms with Gasteiger partial charge in [0.15, 0.2) is 0 Å². The molecule has 0 radical (unpaired) electrons. The Balaban J connectivity index is 1.42. The molecule has 0 N–H and O–H groups in total. The topological polar surface area (TPSA) is 26.8 Å². The normalized spacial score (nSPS) is 20.3. The molecule has 0 aliphatic carbocycles. The number of hydrogen-bond donors (Lipinski definition) is 0. The van der Waals surface area contributed by atoms with Crippen LogP contribution in [0, 0.1) is 11.3 Å². The molecule has 1 atom stereocenters. The van der Waals surface area contributed by atoms with E-state index in [0.29, 0.717) is 28.3 Å². The lowest BCUT2D eigenvalue weighted by Gasteiger charge is -2.45. The summed E-state index contributed by atoms with van der Waals surface area (Å²) in [6, 6.07) is 14.1. The van der Waals surface area contributed by atoms with E-state index < -0.39 is 0 Å². The molecule has 2 heterocycles. The van der Waals surface area contributed by atoms with Crippen molar-refractivity contribution >= 4 is 46.4 Å². The van der Waals surface area contributed by atoms with Crippen LogP contribution in [0.1, 0.15) is 51.6 Å². The molecule has 2 saturated heterocycles. The first-order valence-corrected chi connectivity index (χ1v) is 13.7. The third-order valence-corrected chi connectivity index (χ3v) is 7.89. The lowest BCUT2D eigenvalue weighted by molar-refractivity contribution is -0.134. The van der Waals surface area contributed by atoms with Crippen molar-refractivity contribution in [3.8, 4) is 0 Å². The second-order valence-corrected chi connectivity index (χ2v) is 12.5. The molecule has 0 saturated carbocycles. The van der Waals surface area contributed by atoms with Crippen LogP contribution in [0.3, 0.4) is 0 Å². The van der Waals surface area contributed by atoms with Crippen LogP contribution in [0.5, 0.6) is 0 Å². The van der Waals surface area contributed by atoms with Gasteiger partial charge in [0.1, 0.15) is 0 Å². The number of amides is 1. The Morgan fingerprint density at radius 1 is 0.914 bits per heavy atom. The molecule has 2 aromatic carbocycles. The smallest absolute Gasteiger partial charge is 0.223 e. The van der Waals surface area contributed by atoms with Gasteiger partial charge in [0.05, 0.1) is 16.8 Å². The molecule has 2 fully saturated rings. The zero-order valence-corrected chi connectivity index (χ0v) is 23.2. The number of hydrogen-bond acceptors (Lipinski definition) is 3. The van der Waals surface area contributed by atoms with Crippen molar-refractivity contribution in [3.05, 3.63) is 63.1 Å². The van der Waals surface area contributed by atoms with Crippen LogP contribution in [0.2, 0.25) is 15.1 Å². The lowest BCUT2D eigenvalue weighted by atomic mass is 9.90. The van der Waals surface area contributed by atoms with Gasteiger partial charge >= 0.3 is 0 Å². The summed E-state index contributed by atoms with van der Waals surface area (Å²) < 4.78 is 0. The maximum Gasteiger partial charge on any atom is 0.223 e. The average molecular weight is 537 g/mol. The van der Waals surface area contributed by atoms with Crippen molar-refractivity contribution in [2.24, 2.45) is 11.3 Å². The number of carbonyl (C=O) groups excluding carboxylic acids is 1. The highest BCUT2D eigenvalue weighted by Crippen LogP contribution is 2.37. The monoisotopic (exact) mass is 535 g/mol. The third kappa shape index (κ3) is 7.07. The lowest BCUT2D eigenvalue weighted by Crippen LogP contribution is -2.51. The Kier molecular flexibility index (Phi) is 8.58. The minimum atomic E-state index is 0.0390. The first-order chi connectivity index (χ1) is 16.6. The summed E-state index contributed by atoms with van der Waals surface area (Å²) in [5, 5.41) is 2.07. The number of nitrogens with zero attached hydrogens (tertiary/aromatic N) is 3. The minimum absolute atomic E-state index is 0.0390. The number of carbonyl (C=O) groups is 1. The third-order valence-electron chi connectivity index (χ3n) is 7.10. The van der Waals surface area contributed by atoms with Gasteiger partial charge < -0.3 is 9.80 Å². The van der Waals surface area contributed by atoms with Gasteiger partial charge in [-0.1, -0.05) is 67.7 Å². The van der Waals surface area contributed by atoms with Gasteiger partial charge in [-0.05, 0) is 60.1 Å². The van der Waals surface area contributed by atoms with Crippen LogP contribution in [0.4, 0.5) is 5.69 Å². The van der Waals surface area contributed by atoms with Gasteiger partial charge in [-0.3, -0.25) is 9.69 Å². The van der Waals surface area contributed by atoms with Gasteiger partial charge in [0, 0.05) is 55.7 Å². The van der Waals surface area contributed by atoms with Crippen molar-refractivity contribution in [3.63, 3.8) is 0 Å². The van der Waals surface area contributed by atoms with Gasteiger partial charge in [0.2, 0.25) is 5.91 Å². The molecule has 2 aliphatic rings. The van der Waals surface area contributed by atoms with Crippen molar-refractivity contribution < 1.29 is 4.79 Å². The molecular weight excluding hydrogens is 501 g/mol. The van der Waals surface area contributed by atoms with Crippen LogP contribution >= 0.6 is 34.8 Å². The van der Waals surface area contributed by atoms with E-state index >= 15 is 0 Å². The molecule has 1 unspecified atom stereocenters. The molecule has 35 heavy (non-hydrogen) atoms. The Labute approximate surface area is 225 Å². The summed E-state index contributed by atoms with van der Waals surface area (Å²) in [5.74, 6) is 0.914. The predicted molar refractivity (Wildman–Crippen MR) is 148 cm³/mol. The zero-order valence-electron chi connectivity index (χ0n) is 20.9. The summed E-state index contributed by atoms with van der Waals surface area (Å²) in [5.41, 5.74) is 2.28. The number of piperidine rings is 1. The van der Waals surface area contributed by atoms with E-state index in [1.54, 1.807) is 0 Å². The maximum atomic E-state index is 12.6. The summed E-state index contributed by atoms with van der Waals surface area (Å²) in [6.45, 7) is 12.0. The molecule has 7 heteroatoms. The minimum Gasteiger partial charge on any atom is -0.361 e. The molecule has 0 spiro atoms. The summed E-state index contributed by atoms with van der Waals surface area (Å²) >= 11 is 19.0. The molecule has 2 aromatic rings. The van der Waals surface area contributed by atoms with Gasteiger partial charge in [0.25, 0.3) is 0 Å². The maximum absolute atomic E-state index is 12.6. The van der Waals surface area contributed by atoms with Crippen LogP contribution in [-0.4, -0.2) is 55.0 Å². The summed E-state index contributed by atoms with van der Waals surface area (Å²) in [6.07, 6.45) is 2.77. The first kappa shape index (κ1) is 26.6. The summed E-state index contributed by atoms with van der Waals surface area (Å²) in [7, 11) is 0. The number of halogens is 3. The second kappa shape index (κ2) is 11.3. The predicted octanol–water partition coefficient (Wildman–Crippen LogP) is 7.18. The Hall–Kier alpha value is -1.46. The molecule has 1 amide bonds. The molecule has 4 nitrogen and oxygen atoms in total. The van der Waals surface area contributed by atoms with Crippen molar-refractivity contribution in [2.75, 3.05) is 44.2 Å². The van der Waals surface area contributed by atoms with Gasteiger partial charge in [-0.2, -0.15) is 0 Å². The van der Waals surface area contributed by atoms with E-state index in [0.717, 1.165) is 62.8 Å². The Bertz CT molecular complexity index is 1010. The molecule has 4 rings (SSSR count). The van der Waals surface area contributed by atoms with Crippen LogP contribution in [0.25, 0.3) is 0 Å². The Morgan fingerprint density at radius 2 is 1.57 bits per heavy atom. The first-order valence-electron chi connectivity index (χ1n) is 12.6. The second-order valence-electron chi connectivity index (χ2n) is 11.2. The highest BCUT2D eigenvalue weighted by Gasteiger charge is 2.32. The van der Waals surface area contributed by atoms with E-state index in [1.165, 1.54) is 5.56 Å². The van der Waals surface area contributed by atoms with E-state index in [1.807, 2.05) is 30.3 Å². The number of benzene rings is 2. The zero-order chi connectivity index (χ0) is 25.2. The van der Waals surface area contributed by atoms with Crippen molar-refractivity contribution in [1.82, 2.24) is 9.80 Å². The van der Waals surface area contributed by atoms with Gasteiger partial charge in [-0.15, -0.1) is 0 Å². The quantitative estimate of drug-likeness (QED) is 0.405. The van der Waals surface area contributed by atoms with Crippen molar-refractivity contribution in [2.45, 2.75) is 46.1 Å². The summed E-state index contributed by atoms with van der Waals surface area (Å²) in [4.78, 5) is 19.7. The highest BCUT2D eigenvalue weighted by molar-refractivity contribution is 6.36. The standard InChI is InChI=1S/C28H36Cl3N3O/c1-28(2,3)17-27(35)33-12-10-20(11-13-33)18-32-14-15-34(25-9-8-23(30)16-24(25)31)26(19-32)21-4-6-22(29)7-5-21/h4-9,16,20,26H,10-15,17-19H2,1-3H3. The average Bonchev–Trinajstić information content (AvgIpc) is 2.79.